The second-order valence-corrected chi connectivity index (χ2v) is 8.87. The van der Waals surface area contributed by atoms with E-state index >= 15 is 0 Å². The van der Waals surface area contributed by atoms with Crippen molar-refractivity contribution in [2.45, 2.75) is 25.7 Å². The van der Waals surface area contributed by atoms with Crippen LogP contribution in [0.4, 0.5) is 5.69 Å². The Balaban J connectivity index is 1.84. The van der Waals surface area contributed by atoms with E-state index in [1.54, 1.807) is 49.6 Å². The first-order valence-corrected chi connectivity index (χ1v) is 11.3. The lowest BCUT2D eigenvalue weighted by molar-refractivity contribution is -0.111. The van der Waals surface area contributed by atoms with Gasteiger partial charge in [0.25, 0.3) is 0 Å². The average molecular weight is 447 g/mol. The summed E-state index contributed by atoms with van der Waals surface area (Å²) in [6, 6.07) is 10.3. The number of nitrogens with one attached hydrogen (secondary N) is 1. The molecule has 2 aromatic heterocycles. The molecule has 0 aliphatic carbocycles. The van der Waals surface area contributed by atoms with Crippen LogP contribution in [0.2, 0.25) is 5.15 Å². The van der Waals surface area contributed by atoms with E-state index in [4.69, 9.17) is 11.6 Å². The zero-order chi connectivity index (χ0) is 21.9. The van der Waals surface area contributed by atoms with Crippen molar-refractivity contribution in [3.05, 3.63) is 65.1 Å². The molecular weight excluding hydrogens is 424 g/mol. The largest absolute Gasteiger partial charge is 0.322 e. The number of carbonyl (C=O) groups is 1. The number of pyridine rings is 1. The first-order chi connectivity index (χ1) is 14.3. The minimum absolute atomic E-state index is 0.179. The molecule has 7 nitrogen and oxygen atoms in total. The number of imidazole rings is 1. The highest BCUT2D eigenvalue weighted by Gasteiger charge is 2.24. The minimum atomic E-state index is -3.63. The summed E-state index contributed by atoms with van der Waals surface area (Å²) in [4.78, 5) is 16.8. The summed E-state index contributed by atoms with van der Waals surface area (Å²) in [5.41, 5.74) is 2.27. The summed E-state index contributed by atoms with van der Waals surface area (Å²) in [5.74, 6) is -0.410. The first kappa shape index (κ1) is 22.0. The van der Waals surface area contributed by atoms with E-state index in [-0.39, 0.29) is 10.0 Å². The number of carbonyl (C=O) groups excluding carboxylic acids is 1. The van der Waals surface area contributed by atoms with Crippen molar-refractivity contribution in [2.24, 2.45) is 0 Å². The Morgan fingerprint density at radius 2 is 1.97 bits per heavy atom. The molecule has 1 aromatic carbocycles. The fraction of sp³-hybridized carbons (Fsp3) is 0.238. The maximum atomic E-state index is 12.9. The van der Waals surface area contributed by atoms with Crippen LogP contribution in [0.25, 0.3) is 11.7 Å². The molecule has 158 valence electrons. The molecule has 0 bridgehead atoms. The molecule has 0 atom stereocenters. The SMILES string of the molecule is CCN(CC)S(=O)(=O)c1cc(NC(=O)C=Cc2c(Cl)nc3ccccn23)ccc1C. The third-order valence-corrected chi connectivity index (χ3v) is 7.16. The Kier molecular flexibility index (Phi) is 6.60. The predicted octanol–water partition coefficient (Wildman–Crippen LogP) is 3.98. The molecule has 0 fully saturated rings. The van der Waals surface area contributed by atoms with E-state index in [0.29, 0.717) is 35.7 Å². The Hall–Kier alpha value is -2.68. The highest BCUT2D eigenvalue weighted by Crippen LogP contribution is 2.24. The number of hydrogen-bond acceptors (Lipinski definition) is 4. The number of hydrogen-bond donors (Lipinski definition) is 1. The van der Waals surface area contributed by atoms with Crippen LogP contribution in [-0.2, 0) is 14.8 Å². The number of anilines is 1. The highest BCUT2D eigenvalue weighted by molar-refractivity contribution is 7.89. The van der Waals surface area contributed by atoms with Crippen molar-refractivity contribution >= 4 is 44.9 Å². The van der Waals surface area contributed by atoms with Gasteiger partial charge in [-0.25, -0.2) is 13.4 Å². The number of nitrogens with zero attached hydrogens (tertiary/aromatic N) is 3. The van der Waals surface area contributed by atoms with E-state index in [1.807, 2.05) is 18.2 Å². The molecule has 0 spiro atoms. The standard InChI is InChI=1S/C21H23ClN4O3S/c1-4-25(5-2)30(28,29)18-14-16(10-9-15(18)3)23-20(27)12-11-17-21(22)24-19-8-6-7-13-26(17)19/h6-14H,4-5H2,1-3H3,(H,23,27). The van der Waals surface area contributed by atoms with Gasteiger partial charge in [0, 0.05) is 31.0 Å². The lowest BCUT2D eigenvalue weighted by atomic mass is 10.2. The number of aromatic nitrogens is 2. The second kappa shape index (κ2) is 8.99. The highest BCUT2D eigenvalue weighted by atomic mass is 35.5. The van der Waals surface area contributed by atoms with E-state index in [9.17, 15) is 13.2 Å². The van der Waals surface area contributed by atoms with Gasteiger partial charge in [0.2, 0.25) is 15.9 Å². The van der Waals surface area contributed by atoms with Crippen LogP contribution in [0.15, 0.2) is 53.6 Å². The molecule has 0 saturated heterocycles. The quantitative estimate of drug-likeness (QED) is 0.556. The second-order valence-electron chi connectivity index (χ2n) is 6.61. The molecule has 1 amide bonds. The normalized spacial score (nSPS) is 12.2. The average Bonchev–Trinajstić information content (AvgIpc) is 3.03. The molecule has 0 saturated carbocycles. The topological polar surface area (TPSA) is 83.8 Å². The number of fused-ring (bicyclic) bond motifs is 1. The van der Waals surface area contributed by atoms with Crippen LogP contribution in [0.1, 0.15) is 25.1 Å². The lowest BCUT2D eigenvalue weighted by Gasteiger charge is -2.20. The van der Waals surface area contributed by atoms with Crippen molar-refractivity contribution in [3.63, 3.8) is 0 Å². The van der Waals surface area contributed by atoms with Crippen molar-refractivity contribution in [1.82, 2.24) is 13.7 Å². The number of aryl methyl sites for hydroxylation is 1. The van der Waals surface area contributed by atoms with Gasteiger partial charge in [0.05, 0.1) is 10.6 Å². The minimum Gasteiger partial charge on any atom is -0.322 e. The van der Waals surface area contributed by atoms with Gasteiger partial charge in [0.15, 0.2) is 5.15 Å². The van der Waals surface area contributed by atoms with Gasteiger partial charge in [-0.1, -0.05) is 37.6 Å². The van der Waals surface area contributed by atoms with Crippen molar-refractivity contribution < 1.29 is 13.2 Å². The number of benzene rings is 1. The fourth-order valence-corrected chi connectivity index (χ4v) is 5.08. The van der Waals surface area contributed by atoms with Gasteiger partial charge in [-0.15, -0.1) is 0 Å². The molecular formula is C21H23ClN4O3S. The third-order valence-electron chi connectivity index (χ3n) is 4.69. The Bertz CT molecular complexity index is 1210. The molecule has 30 heavy (non-hydrogen) atoms. The third kappa shape index (κ3) is 4.40. The Labute approximate surface area is 181 Å². The summed E-state index contributed by atoms with van der Waals surface area (Å²) in [7, 11) is -3.63. The summed E-state index contributed by atoms with van der Waals surface area (Å²) < 4.78 is 28.9. The van der Waals surface area contributed by atoms with E-state index in [1.165, 1.54) is 16.4 Å². The summed E-state index contributed by atoms with van der Waals surface area (Å²) in [5, 5.41) is 2.99. The zero-order valence-corrected chi connectivity index (χ0v) is 18.5. The summed E-state index contributed by atoms with van der Waals surface area (Å²) in [6.07, 6.45) is 4.70. The van der Waals surface area contributed by atoms with E-state index < -0.39 is 15.9 Å². The zero-order valence-electron chi connectivity index (χ0n) is 17.0. The van der Waals surface area contributed by atoms with Gasteiger partial charge in [0.1, 0.15) is 5.65 Å². The van der Waals surface area contributed by atoms with Gasteiger partial charge in [-0.3, -0.25) is 9.20 Å². The van der Waals surface area contributed by atoms with E-state index in [0.717, 1.165) is 0 Å². The van der Waals surface area contributed by atoms with Gasteiger partial charge in [-0.05, 0) is 42.8 Å². The van der Waals surface area contributed by atoms with Crippen molar-refractivity contribution in [1.29, 1.82) is 0 Å². The number of halogens is 1. The van der Waals surface area contributed by atoms with Crippen LogP contribution in [0, 0.1) is 6.92 Å². The molecule has 0 aliphatic heterocycles. The predicted molar refractivity (Wildman–Crippen MR) is 119 cm³/mol. The van der Waals surface area contributed by atoms with Crippen LogP contribution < -0.4 is 5.32 Å². The van der Waals surface area contributed by atoms with Gasteiger partial charge in [-0.2, -0.15) is 4.31 Å². The van der Waals surface area contributed by atoms with Gasteiger partial charge >= 0.3 is 0 Å². The molecule has 1 N–H and O–H groups in total. The molecule has 0 unspecified atom stereocenters. The maximum absolute atomic E-state index is 12.9. The molecule has 2 heterocycles. The lowest BCUT2D eigenvalue weighted by Crippen LogP contribution is -2.31. The Morgan fingerprint density at radius 1 is 1.23 bits per heavy atom. The fourth-order valence-electron chi connectivity index (χ4n) is 3.13. The van der Waals surface area contributed by atoms with Crippen LogP contribution >= 0.6 is 11.6 Å². The molecule has 3 rings (SSSR count). The molecule has 3 aromatic rings. The van der Waals surface area contributed by atoms with Crippen LogP contribution in [0.5, 0.6) is 0 Å². The number of rotatable bonds is 7. The molecule has 0 radical (unpaired) electrons. The first-order valence-electron chi connectivity index (χ1n) is 9.50. The van der Waals surface area contributed by atoms with Gasteiger partial charge < -0.3 is 5.32 Å². The van der Waals surface area contributed by atoms with Crippen LogP contribution in [-0.4, -0.2) is 41.1 Å². The summed E-state index contributed by atoms with van der Waals surface area (Å²) >= 11 is 6.17. The van der Waals surface area contributed by atoms with Crippen LogP contribution in [0.3, 0.4) is 0 Å². The smallest absolute Gasteiger partial charge is 0.248 e. The van der Waals surface area contributed by atoms with E-state index in [2.05, 4.69) is 10.3 Å². The molecule has 9 heteroatoms. The summed E-state index contributed by atoms with van der Waals surface area (Å²) in [6.45, 7) is 6.06. The van der Waals surface area contributed by atoms with Crippen molar-refractivity contribution in [3.8, 4) is 0 Å². The van der Waals surface area contributed by atoms with Crippen molar-refractivity contribution in [2.75, 3.05) is 18.4 Å². The Morgan fingerprint density at radius 3 is 2.67 bits per heavy atom. The molecule has 0 aliphatic rings. The number of sulfonamides is 1. The maximum Gasteiger partial charge on any atom is 0.248 e. The monoisotopic (exact) mass is 446 g/mol. The number of amides is 1.